The molecule has 0 fully saturated rings. The molecule has 0 spiro atoms. The van der Waals surface area contributed by atoms with Crippen LogP contribution in [0, 0.1) is 0 Å². The zero-order valence-electron chi connectivity index (χ0n) is 11.7. The largest absolute Gasteiger partial charge is 0.357 e. The number of rotatable bonds is 6. The first-order valence-electron chi connectivity index (χ1n) is 5.95. The lowest BCUT2D eigenvalue weighted by Crippen LogP contribution is -2.38. The Kier molecular flexibility index (Phi) is 13.7. The normalized spacial score (nSPS) is 11.0. The number of hydrogen-bond acceptors (Lipinski definition) is 2. The molecule has 0 saturated carbocycles. The van der Waals surface area contributed by atoms with Crippen molar-refractivity contribution in [3.63, 3.8) is 0 Å². The molecule has 0 saturated heterocycles. The van der Waals surface area contributed by atoms with Gasteiger partial charge in [0.05, 0.1) is 0 Å². The molecule has 0 heterocycles. The number of allylic oxidation sites excluding steroid dienone is 1. The van der Waals surface area contributed by atoms with Gasteiger partial charge in [-0.2, -0.15) is 0 Å². The Labute approximate surface area is 127 Å². The summed E-state index contributed by atoms with van der Waals surface area (Å²) < 4.78 is 0. The molecule has 0 aromatic carbocycles. The van der Waals surface area contributed by atoms with Crippen LogP contribution in [0.5, 0.6) is 0 Å². The van der Waals surface area contributed by atoms with Crippen LogP contribution in [0.25, 0.3) is 0 Å². The second kappa shape index (κ2) is 12.7. The van der Waals surface area contributed by atoms with E-state index in [9.17, 15) is 4.79 Å². The van der Waals surface area contributed by atoms with Gasteiger partial charge in [0.25, 0.3) is 0 Å². The minimum absolute atomic E-state index is 0. The SMILES string of the molecule is CC=CCCNC(=NCC(=O)N(C)C)NCC.I. The van der Waals surface area contributed by atoms with Crippen LogP contribution in [-0.4, -0.2) is 50.5 Å². The van der Waals surface area contributed by atoms with Crippen molar-refractivity contribution < 1.29 is 4.79 Å². The lowest BCUT2D eigenvalue weighted by Gasteiger charge is -2.12. The number of carbonyl (C=O) groups is 1. The lowest BCUT2D eigenvalue weighted by atomic mass is 10.4. The van der Waals surface area contributed by atoms with Crippen molar-refractivity contribution in [2.24, 2.45) is 4.99 Å². The Morgan fingerprint density at radius 2 is 2.00 bits per heavy atom. The molecule has 0 atom stereocenters. The van der Waals surface area contributed by atoms with Crippen LogP contribution in [0.15, 0.2) is 17.1 Å². The number of nitrogens with one attached hydrogen (secondary N) is 2. The van der Waals surface area contributed by atoms with E-state index in [2.05, 4.69) is 21.7 Å². The standard InChI is InChI=1S/C12H24N4O.HI/c1-5-7-8-9-14-12(13-6-2)15-10-11(17)16(3)4;/h5,7H,6,8-10H2,1-4H3,(H2,13,14,15);1H. The first-order chi connectivity index (χ1) is 8.11. The van der Waals surface area contributed by atoms with Gasteiger partial charge in [0, 0.05) is 27.2 Å². The van der Waals surface area contributed by atoms with Gasteiger partial charge in [0.2, 0.25) is 5.91 Å². The van der Waals surface area contributed by atoms with Gasteiger partial charge in [-0.15, -0.1) is 24.0 Å². The van der Waals surface area contributed by atoms with Gasteiger partial charge in [-0.25, -0.2) is 4.99 Å². The lowest BCUT2D eigenvalue weighted by molar-refractivity contribution is -0.127. The van der Waals surface area contributed by atoms with Crippen molar-refractivity contribution in [1.82, 2.24) is 15.5 Å². The van der Waals surface area contributed by atoms with Gasteiger partial charge in [0.1, 0.15) is 6.54 Å². The van der Waals surface area contributed by atoms with E-state index in [1.54, 1.807) is 14.1 Å². The van der Waals surface area contributed by atoms with E-state index >= 15 is 0 Å². The molecule has 0 bridgehead atoms. The van der Waals surface area contributed by atoms with Crippen molar-refractivity contribution in [1.29, 1.82) is 0 Å². The maximum absolute atomic E-state index is 11.4. The Morgan fingerprint density at radius 3 is 2.50 bits per heavy atom. The summed E-state index contributed by atoms with van der Waals surface area (Å²) in [7, 11) is 3.45. The van der Waals surface area contributed by atoms with Crippen LogP contribution in [0.3, 0.4) is 0 Å². The summed E-state index contributed by atoms with van der Waals surface area (Å²) in [6.07, 6.45) is 5.05. The average Bonchev–Trinajstić information content (AvgIpc) is 2.30. The fourth-order valence-corrected chi connectivity index (χ4v) is 1.07. The van der Waals surface area contributed by atoms with Crippen molar-refractivity contribution in [3.05, 3.63) is 12.2 Å². The molecule has 0 aliphatic carbocycles. The highest BCUT2D eigenvalue weighted by Gasteiger charge is 2.03. The molecule has 0 aromatic heterocycles. The van der Waals surface area contributed by atoms with Gasteiger partial charge in [-0.05, 0) is 20.3 Å². The molecule has 18 heavy (non-hydrogen) atoms. The molecule has 1 amide bonds. The predicted molar refractivity (Wildman–Crippen MR) is 87.5 cm³/mol. The summed E-state index contributed by atoms with van der Waals surface area (Å²) in [4.78, 5) is 17.1. The third-order valence-electron chi connectivity index (χ3n) is 2.05. The van der Waals surface area contributed by atoms with Crippen LogP contribution in [0.4, 0.5) is 0 Å². The summed E-state index contributed by atoms with van der Waals surface area (Å²) in [5, 5.41) is 6.26. The van der Waals surface area contributed by atoms with Crippen LogP contribution < -0.4 is 10.6 Å². The number of likely N-dealkylation sites (N-methyl/N-ethyl adjacent to an activating group) is 1. The number of aliphatic imine (C=N–C) groups is 1. The summed E-state index contributed by atoms with van der Waals surface area (Å²) in [6.45, 7) is 5.76. The number of guanidine groups is 1. The summed E-state index contributed by atoms with van der Waals surface area (Å²) >= 11 is 0. The highest BCUT2D eigenvalue weighted by Crippen LogP contribution is 1.83. The molecule has 2 N–H and O–H groups in total. The van der Waals surface area contributed by atoms with Crippen molar-refractivity contribution in [2.45, 2.75) is 20.3 Å². The Morgan fingerprint density at radius 1 is 1.33 bits per heavy atom. The zero-order chi connectivity index (χ0) is 13.1. The van der Waals surface area contributed by atoms with E-state index in [0.717, 1.165) is 19.5 Å². The predicted octanol–water partition coefficient (Wildman–Crippen LogP) is 1.21. The van der Waals surface area contributed by atoms with Gasteiger partial charge >= 0.3 is 0 Å². The number of halogens is 1. The van der Waals surface area contributed by atoms with E-state index in [1.165, 1.54) is 4.90 Å². The average molecular weight is 368 g/mol. The molecule has 0 rings (SSSR count). The summed E-state index contributed by atoms with van der Waals surface area (Å²) in [5.74, 6) is 0.683. The van der Waals surface area contributed by atoms with E-state index < -0.39 is 0 Å². The topological polar surface area (TPSA) is 56.7 Å². The molecular formula is C12H25IN4O. The highest BCUT2D eigenvalue weighted by molar-refractivity contribution is 14.0. The molecule has 6 heteroatoms. The van der Waals surface area contributed by atoms with E-state index in [-0.39, 0.29) is 36.4 Å². The van der Waals surface area contributed by atoms with Crippen LogP contribution in [0.1, 0.15) is 20.3 Å². The molecule has 0 radical (unpaired) electrons. The smallest absolute Gasteiger partial charge is 0.243 e. The van der Waals surface area contributed by atoms with Gasteiger partial charge in [-0.1, -0.05) is 12.2 Å². The van der Waals surface area contributed by atoms with Crippen molar-refractivity contribution >= 4 is 35.8 Å². The van der Waals surface area contributed by atoms with E-state index in [4.69, 9.17) is 0 Å². The molecule has 0 unspecified atom stereocenters. The first kappa shape index (κ1) is 19.5. The molecule has 0 aromatic rings. The van der Waals surface area contributed by atoms with Crippen LogP contribution in [0.2, 0.25) is 0 Å². The maximum Gasteiger partial charge on any atom is 0.243 e. The second-order valence-electron chi connectivity index (χ2n) is 3.77. The third kappa shape index (κ3) is 10.4. The molecule has 0 aliphatic rings. The number of nitrogens with zero attached hydrogens (tertiary/aromatic N) is 2. The van der Waals surface area contributed by atoms with Crippen molar-refractivity contribution in [3.8, 4) is 0 Å². The summed E-state index contributed by atoms with van der Waals surface area (Å²) in [6, 6.07) is 0. The van der Waals surface area contributed by atoms with Gasteiger partial charge in [0.15, 0.2) is 5.96 Å². The fourth-order valence-electron chi connectivity index (χ4n) is 1.07. The van der Waals surface area contributed by atoms with Crippen LogP contribution >= 0.6 is 24.0 Å². The highest BCUT2D eigenvalue weighted by atomic mass is 127. The Balaban J connectivity index is 0. The number of amides is 1. The minimum Gasteiger partial charge on any atom is -0.357 e. The van der Waals surface area contributed by atoms with Crippen LogP contribution in [-0.2, 0) is 4.79 Å². The molecule has 5 nitrogen and oxygen atoms in total. The monoisotopic (exact) mass is 368 g/mol. The molecule has 106 valence electrons. The summed E-state index contributed by atoms with van der Waals surface area (Å²) in [5.41, 5.74) is 0. The second-order valence-corrected chi connectivity index (χ2v) is 3.77. The zero-order valence-corrected chi connectivity index (χ0v) is 14.0. The quantitative estimate of drug-likeness (QED) is 0.244. The van der Waals surface area contributed by atoms with E-state index in [0.29, 0.717) is 5.96 Å². The Hall–Kier alpha value is -0.790. The Bertz CT molecular complexity index is 277. The third-order valence-corrected chi connectivity index (χ3v) is 2.05. The maximum atomic E-state index is 11.4. The number of hydrogen-bond donors (Lipinski definition) is 2. The van der Waals surface area contributed by atoms with Gasteiger partial charge in [-0.3, -0.25) is 4.79 Å². The number of carbonyl (C=O) groups excluding carboxylic acids is 1. The fraction of sp³-hybridized carbons (Fsp3) is 0.667. The first-order valence-corrected chi connectivity index (χ1v) is 5.95. The minimum atomic E-state index is -0.00402. The molecule has 0 aliphatic heterocycles. The van der Waals surface area contributed by atoms with E-state index in [1.807, 2.05) is 19.9 Å². The molecular weight excluding hydrogens is 343 g/mol. The van der Waals surface area contributed by atoms with Gasteiger partial charge < -0.3 is 15.5 Å². The van der Waals surface area contributed by atoms with Crippen molar-refractivity contribution in [2.75, 3.05) is 33.7 Å².